The monoisotopic (exact) mass is 240 g/mol. The number of nitriles is 1. The Kier molecular flexibility index (Phi) is 3.72. The van der Waals surface area contributed by atoms with E-state index in [0.29, 0.717) is 23.8 Å². The molecule has 5 heteroatoms. The lowest BCUT2D eigenvalue weighted by Crippen LogP contribution is -2.05. The molecule has 2 heterocycles. The van der Waals surface area contributed by atoms with Gasteiger partial charge in [-0.1, -0.05) is 6.07 Å². The zero-order chi connectivity index (χ0) is 12.8. The third-order valence-electron chi connectivity index (χ3n) is 2.42. The zero-order valence-corrected chi connectivity index (χ0v) is 9.92. The first-order valence-electron chi connectivity index (χ1n) is 5.42. The van der Waals surface area contributed by atoms with Gasteiger partial charge in [-0.05, 0) is 18.2 Å². The minimum atomic E-state index is 0.503. The number of nitrogens with one attached hydrogen (secondary N) is 1. The second kappa shape index (κ2) is 5.64. The third-order valence-corrected chi connectivity index (χ3v) is 2.42. The van der Waals surface area contributed by atoms with Crippen LogP contribution < -0.4 is 10.1 Å². The summed E-state index contributed by atoms with van der Waals surface area (Å²) in [6.07, 6.45) is 3.31. The van der Waals surface area contributed by atoms with Gasteiger partial charge in [-0.3, -0.25) is 0 Å². The standard InChI is InChI=1S/C13H12N4O/c1-18-13-11(5-3-7-16-13)9-17-12-10(8-14)4-2-6-15-12/h2-7H,9H2,1H3,(H,15,17). The Labute approximate surface area is 105 Å². The maximum atomic E-state index is 8.95. The van der Waals surface area contributed by atoms with Crippen LogP contribution >= 0.6 is 0 Å². The van der Waals surface area contributed by atoms with Crippen LogP contribution in [-0.4, -0.2) is 17.1 Å². The first-order valence-corrected chi connectivity index (χ1v) is 5.42. The summed E-state index contributed by atoms with van der Waals surface area (Å²) in [7, 11) is 1.58. The molecule has 5 nitrogen and oxygen atoms in total. The Morgan fingerprint density at radius 1 is 1.28 bits per heavy atom. The highest BCUT2D eigenvalue weighted by molar-refractivity contribution is 5.51. The molecule has 0 saturated heterocycles. The van der Waals surface area contributed by atoms with E-state index in [-0.39, 0.29) is 0 Å². The van der Waals surface area contributed by atoms with Gasteiger partial charge in [0.25, 0.3) is 0 Å². The van der Waals surface area contributed by atoms with Crippen LogP contribution in [0.15, 0.2) is 36.7 Å². The molecule has 2 aromatic heterocycles. The molecule has 0 fully saturated rings. The number of hydrogen-bond donors (Lipinski definition) is 1. The average Bonchev–Trinajstić information content (AvgIpc) is 2.45. The summed E-state index contributed by atoms with van der Waals surface area (Å²) in [6.45, 7) is 0.503. The molecule has 18 heavy (non-hydrogen) atoms. The number of anilines is 1. The molecule has 1 N–H and O–H groups in total. The molecule has 90 valence electrons. The van der Waals surface area contributed by atoms with E-state index >= 15 is 0 Å². The Hall–Kier alpha value is -2.61. The van der Waals surface area contributed by atoms with Crippen LogP contribution in [0.5, 0.6) is 5.88 Å². The van der Waals surface area contributed by atoms with Gasteiger partial charge < -0.3 is 10.1 Å². The second-order valence-corrected chi connectivity index (χ2v) is 3.54. The van der Waals surface area contributed by atoms with Crippen molar-refractivity contribution in [3.05, 3.63) is 47.8 Å². The Bertz CT molecular complexity index is 577. The molecule has 0 aromatic carbocycles. The summed E-state index contributed by atoms with van der Waals surface area (Å²) in [5, 5.41) is 12.1. The maximum absolute atomic E-state index is 8.95. The zero-order valence-electron chi connectivity index (χ0n) is 9.92. The first kappa shape index (κ1) is 11.9. The molecule has 2 aromatic rings. The van der Waals surface area contributed by atoms with E-state index in [1.165, 1.54) is 0 Å². The van der Waals surface area contributed by atoms with Gasteiger partial charge in [0.2, 0.25) is 5.88 Å². The highest BCUT2D eigenvalue weighted by Gasteiger charge is 2.05. The molecule has 0 spiro atoms. The molecule has 0 bridgehead atoms. The van der Waals surface area contributed by atoms with Crippen molar-refractivity contribution in [1.82, 2.24) is 9.97 Å². The maximum Gasteiger partial charge on any atom is 0.218 e. The largest absolute Gasteiger partial charge is 0.481 e. The van der Waals surface area contributed by atoms with Crippen molar-refractivity contribution in [2.24, 2.45) is 0 Å². The molecule has 0 aliphatic heterocycles. The van der Waals surface area contributed by atoms with E-state index in [1.807, 2.05) is 12.1 Å². The van der Waals surface area contributed by atoms with Crippen LogP contribution in [0.1, 0.15) is 11.1 Å². The molecule has 0 unspecified atom stereocenters. The van der Waals surface area contributed by atoms with Crippen LogP contribution in [0, 0.1) is 11.3 Å². The normalized spacial score (nSPS) is 9.56. The number of rotatable bonds is 4. The van der Waals surface area contributed by atoms with E-state index in [4.69, 9.17) is 10.00 Å². The molecule has 0 amide bonds. The van der Waals surface area contributed by atoms with Gasteiger partial charge in [0.05, 0.1) is 12.7 Å². The Morgan fingerprint density at radius 3 is 2.83 bits per heavy atom. The van der Waals surface area contributed by atoms with Gasteiger partial charge in [-0.2, -0.15) is 5.26 Å². The quantitative estimate of drug-likeness (QED) is 0.884. The van der Waals surface area contributed by atoms with Crippen molar-refractivity contribution in [2.45, 2.75) is 6.54 Å². The lowest BCUT2D eigenvalue weighted by atomic mass is 10.2. The molecular formula is C13H12N4O. The van der Waals surface area contributed by atoms with Crippen molar-refractivity contribution in [3.8, 4) is 11.9 Å². The lowest BCUT2D eigenvalue weighted by molar-refractivity contribution is 0.393. The highest BCUT2D eigenvalue weighted by atomic mass is 16.5. The third kappa shape index (κ3) is 2.55. The summed E-state index contributed by atoms with van der Waals surface area (Å²) in [5.41, 5.74) is 1.43. The van der Waals surface area contributed by atoms with E-state index in [2.05, 4.69) is 21.4 Å². The second-order valence-electron chi connectivity index (χ2n) is 3.54. The fourth-order valence-corrected chi connectivity index (χ4v) is 1.56. The van der Waals surface area contributed by atoms with Gasteiger partial charge in [-0.15, -0.1) is 0 Å². The first-order chi connectivity index (χ1) is 8.85. The van der Waals surface area contributed by atoms with E-state index in [1.54, 1.807) is 31.6 Å². The average molecular weight is 240 g/mol. The molecule has 0 saturated carbocycles. The summed E-state index contributed by atoms with van der Waals surface area (Å²) in [6, 6.07) is 9.28. The van der Waals surface area contributed by atoms with Crippen molar-refractivity contribution in [2.75, 3.05) is 12.4 Å². The molecule has 0 aliphatic rings. The van der Waals surface area contributed by atoms with E-state index < -0.39 is 0 Å². The smallest absolute Gasteiger partial charge is 0.218 e. The van der Waals surface area contributed by atoms with Crippen LogP contribution in [0.3, 0.4) is 0 Å². The van der Waals surface area contributed by atoms with Gasteiger partial charge in [-0.25, -0.2) is 9.97 Å². The van der Waals surface area contributed by atoms with Crippen LogP contribution in [-0.2, 0) is 6.54 Å². The Balaban J connectivity index is 2.14. The van der Waals surface area contributed by atoms with E-state index in [9.17, 15) is 0 Å². The predicted molar refractivity (Wildman–Crippen MR) is 67.1 cm³/mol. The lowest BCUT2D eigenvalue weighted by Gasteiger charge is -2.09. The van der Waals surface area contributed by atoms with Crippen molar-refractivity contribution in [1.29, 1.82) is 5.26 Å². The predicted octanol–water partition coefficient (Wildman–Crippen LogP) is 1.97. The number of pyridine rings is 2. The minimum absolute atomic E-state index is 0.503. The van der Waals surface area contributed by atoms with Gasteiger partial charge in [0.1, 0.15) is 11.9 Å². The summed E-state index contributed by atoms with van der Waals surface area (Å²) in [4.78, 5) is 8.23. The topological polar surface area (TPSA) is 70.8 Å². The fraction of sp³-hybridized carbons (Fsp3) is 0.154. The van der Waals surface area contributed by atoms with Crippen molar-refractivity contribution < 1.29 is 4.74 Å². The molecule has 0 atom stereocenters. The Morgan fingerprint density at radius 2 is 2.06 bits per heavy atom. The summed E-state index contributed by atoms with van der Waals surface area (Å²) in [5.74, 6) is 1.13. The molecule has 0 aliphatic carbocycles. The number of methoxy groups -OCH3 is 1. The summed E-state index contributed by atoms with van der Waals surface area (Å²) >= 11 is 0. The van der Waals surface area contributed by atoms with Gasteiger partial charge in [0.15, 0.2) is 0 Å². The van der Waals surface area contributed by atoms with Crippen molar-refractivity contribution >= 4 is 5.82 Å². The molecule has 0 radical (unpaired) electrons. The van der Waals surface area contributed by atoms with Crippen LogP contribution in [0.25, 0.3) is 0 Å². The fourth-order valence-electron chi connectivity index (χ4n) is 1.56. The van der Waals surface area contributed by atoms with Crippen LogP contribution in [0.2, 0.25) is 0 Å². The summed E-state index contributed by atoms with van der Waals surface area (Å²) < 4.78 is 5.15. The van der Waals surface area contributed by atoms with E-state index in [0.717, 1.165) is 5.56 Å². The number of nitrogens with zero attached hydrogens (tertiary/aromatic N) is 3. The number of hydrogen-bond acceptors (Lipinski definition) is 5. The SMILES string of the molecule is COc1ncccc1CNc1ncccc1C#N. The van der Waals surface area contributed by atoms with Gasteiger partial charge >= 0.3 is 0 Å². The van der Waals surface area contributed by atoms with Gasteiger partial charge in [0, 0.05) is 24.5 Å². The van der Waals surface area contributed by atoms with Crippen LogP contribution in [0.4, 0.5) is 5.82 Å². The number of aromatic nitrogens is 2. The molecule has 2 rings (SSSR count). The highest BCUT2D eigenvalue weighted by Crippen LogP contribution is 2.16. The minimum Gasteiger partial charge on any atom is -0.481 e. The number of ether oxygens (including phenoxy) is 1. The van der Waals surface area contributed by atoms with Crippen molar-refractivity contribution in [3.63, 3.8) is 0 Å². The molecular weight excluding hydrogens is 228 g/mol.